The fourth-order valence-electron chi connectivity index (χ4n) is 5.16. The second kappa shape index (κ2) is 8.31. The third-order valence-electron chi connectivity index (χ3n) is 6.57. The van der Waals surface area contributed by atoms with Crippen LogP contribution in [0, 0.1) is 5.92 Å². The predicted octanol–water partition coefficient (Wildman–Crippen LogP) is 5.67. The minimum atomic E-state index is -0.202. The lowest BCUT2D eigenvalue weighted by Gasteiger charge is -2.51. The van der Waals surface area contributed by atoms with Crippen molar-refractivity contribution < 1.29 is 4.79 Å². The average Bonchev–Trinajstić information content (AvgIpc) is 2.73. The van der Waals surface area contributed by atoms with Crippen molar-refractivity contribution in [2.45, 2.75) is 58.5 Å². The van der Waals surface area contributed by atoms with Gasteiger partial charge in [0.15, 0.2) is 5.78 Å². The Kier molecular flexibility index (Phi) is 5.78. The highest BCUT2D eigenvalue weighted by Crippen LogP contribution is 2.40. The first-order valence-corrected chi connectivity index (χ1v) is 11.2. The average molecular weight is 391 g/mol. The van der Waals surface area contributed by atoms with Crippen molar-refractivity contribution in [3.05, 3.63) is 65.2 Å². The first-order valence-electron chi connectivity index (χ1n) is 11.2. The van der Waals surface area contributed by atoms with E-state index >= 15 is 0 Å². The Morgan fingerprint density at radius 1 is 0.897 bits per heavy atom. The molecule has 3 atom stereocenters. The number of benzene rings is 2. The molecule has 2 aromatic rings. The summed E-state index contributed by atoms with van der Waals surface area (Å²) in [6.07, 6.45) is 2.26. The largest absolute Gasteiger partial charge is 0.348 e. The van der Waals surface area contributed by atoms with Gasteiger partial charge < -0.3 is 4.90 Å². The van der Waals surface area contributed by atoms with Crippen LogP contribution in [0.25, 0.3) is 0 Å². The monoisotopic (exact) mass is 390 g/mol. The molecule has 3 nitrogen and oxygen atoms in total. The zero-order valence-electron chi connectivity index (χ0n) is 18.3. The minimum Gasteiger partial charge on any atom is -0.348 e. The second-order valence-corrected chi connectivity index (χ2v) is 9.35. The number of rotatable bonds is 5. The Bertz CT molecular complexity index is 832. The summed E-state index contributed by atoms with van der Waals surface area (Å²) in [4.78, 5) is 18.7. The van der Waals surface area contributed by atoms with Gasteiger partial charge in [0.1, 0.15) is 6.17 Å². The summed E-state index contributed by atoms with van der Waals surface area (Å²) in [5.41, 5.74) is 4.86. The third kappa shape index (κ3) is 3.85. The zero-order valence-corrected chi connectivity index (χ0v) is 18.3. The number of hydrogen-bond donors (Lipinski definition) is 0. The summed E-state index contributed by atoms with van der Waals surface area (Å²) in [5.74, 6) is 1.73. The molecule has 2 saturated heterocycles. The molecule has 2 fully saturated rings. The first kappa shape index (κ1) is 20.2. The standard InChI is InChI=1S/C26H34N2O/c1-18(2)22-13-8-14-23(19(3)4)24(22)28-17-20-10-9-15-27(16-20)26(28)25(29)21-11-6-5-7-12-21/h5-8,11-14,18-20,26H,9-10,15-17H2,1-4H3. The molecule has 2 bridgehead atoms. The summed E-state index contributed by atoms with van der Waals surface area (Å²) < 4.78 is 0. The maximum atomic E-state index is 13.8. The van der Waals surface area contributed by atoms with Gasteiger partial charge in [-0.15, -0.1) is 0 Å². The Balaban J connectivity index is 1.85. The molecule has 0 spiro atoms. The van der Waals surface area contributed by atoms with Crippen molar-refractivity contribution in [2.75, 3.05) is 24.5 Å². The minimum absolute atomic E-state index is 0.202. The number of fused-ring (bicyclic) bond motifs is 2. The Hall–Kier alpha value is -2.13. The highest BCUT2D eigenvalue weighted by atomic mass is 16.1. The van der Waals surface area contributed by atoms with E-state index in [1.165, 1.54) is 29.7 Å². The second-order valence-electron chi connectivity index (χ2n) is 9.35. The normalized spacial score (nSPS) is 24.2. The van der Waals surface area contributed by atoms with E-state index in [0.717, 1.165) is 25.2 Å². The molecule has 4 rings (SSSR count). The lowest BCUT2D eigenvalue weighted by atomic mass is 9.87. The maximum Gasteiger partial charge on any atom is 0.200 e. The number of piperidine rings is 1. The van der Waals surface area contributed by atoms with Gasteiger partial charge in [0, 0.05) is 30.9 Å². The molecule has 3 heteroatoms. The summed E-state index contributed by atoms with van der Waals surface area (Å²) in [6, 6.07) is 16.6. The van der Waals surface area contributed by atoms with Crippen LogP contribution in [0.3, 0.4) is 0 Å². The molecule has 0 aromatic heterocycles. The van der Waals surface area contributed by atoms with E-state index in [2.05, 4.69) is 55.7 Å². The van der Waals surface area contributed by atoms with Crippen molar-refractivity contribution in [3.63, 3.8) is 0 Å². The quantitative estimate of drug-likeness (QED) is 0.614. The molecule has 0 N–H and O–H groups in total. The van der Waals surface area contributed by atoms with E-state index in [9.17, 15) is 4.79 Å². The van der Waals surface area contributed by atoms with Gasteiger partial charge in [-0.1, -0.05) is 76.2 Å². The van der Waals surface area contributed by atoms with E-state index in [1.807, 2.05) is 30.3 Å². The fourth-order valence-corrected chi connectivity index (χ4v) is 5.16. The molecular formula is C26H34N2O. The van der Waals surface area contributed by atoms with Gasteiger partial charge in [0.2, 0.25) is 0 Å². The Morgan fingerprint density at radius 3 is 2.17 bits per heavy atom. The van der Waals surface area contributed by atoms with Gasteiger partial charge in [-0.05, 0) is 41.7 Å². The molecule has 0 amide bonds. The number of nitrogens with zero attached hydrogens (tertiary/aromatic N) is 2. The number of hydrogen-bond acceptors (Lipinski definition) is 3. The third-order valence-corrected chi connectivity index (χ3v) is 6.57. The van der Waals surface area contributed by atoms with Crippen molar-refractivity contribution >= 4 is 11.5 Å². The number of para-hydroxylation sites is 1. The molecule has 29 heavy (non-hydrogen) atoms. The van der Waals surface area contributed by atoms with Gasteiger partial charge in [-0.25, -0.2) is 0 Å². The first-order chi connectivity index (χ1) is 14.0. The van der Waals surface area contributed by atoms with Crippen molar-refractivity contribution in [1.29, 1.82) is 0 Å². The molecule has 154 valence electrons. The van der Waals surface area contributed by atoms with E-state index in [0.29, 0.717) is 17.8 Å². The van der Waals surface area contributed by atoms with Crippen molar-refractivity contribution in [1.82, 2.24) is 4.90 Å². The predicted molar refractivity (Wildman–Crippen MR) is 121 cm³/mol. The number of carbonyl (C=O) groups is 1. The van der Waals surface area contributed by atoms with Crippen LogP contribution in [0.2, 0.25) is 0 Å². The summed E-state index contributed by atoms with van der Waals surface area (Å²) in [6.45, 7) is 12.1. The van der Waals surface area contributed by atoms with E-state index in [4.69, 9.17) is 0 Å². The topological polar surface area (TPSA) is 23.6 Å². The highest BCUT2D eigenvalue weighted by molar-refractivity contribution is 6.02. The lowest BCUT2D eigenvalue weighted by Crippen LogP contribution is -2.63. The van der Waals surface area contributed by atoms with E-state index in [-0.39, 0.29) is 11.9 Å². The molecule has 2 heterocycles. The van der Waals surface area contributed by atoms with Gasteiger partial charge in [0.25, 0.3) is 0 Å². The van der Waals surface area contributed by atoms with Crippen LogP contribution in [0.5, 0.6) is 0 Å². The van der Waals surface area contributed by atoms with Crippen molar-refractivity contribution in [2.24, 2.45) is 5.92 Å². The summed E-state index contributed by atoms with van der Waals surface area (Å²) >= 11 is 0. The SMILES string of the molecule is CC(C)c1cccc(C(C)C)c1N1CC2CCCN(C2)C1C(=O)c1ccccc1. The molecular weight excluding hydrogens is 356 g/mol. The molecule has 0 aliphatic carbocycles. The maximum absolute atomic E-state index is 13.8. The van der Waals surface area contributed by atoms with Gasteiger partial charge in [-0.3, -0.25) is 9.69 Å². The van der Waals surface area contributed by atoms with E-state index in [1.54, 1.807) is 0 Å². The Morgan fingerprint density at radius 2 is 1.55 bits per heavy atom. The van der Waals surface area contributed by atoms with E-state index < -0.39 is 0 Å². The number of anilines is 1. The smallest absolute Gasteiger partial charge is 0.200 e. The number of ketones is 1. The van der Waals surface area contributed by atoms with Crippen LogP contribution in [-0.4, -0.2) is 36.5 Å². The molecule has 3 unspecified atom stereocenters. The summed E-state index contributed by atoms with van der Waals surface area (Å²) in [5, 5.41) is 0. The molecule has 0 radical (unpaired) electrons. The van der Waals surface area contributed by atoms with Crippen LogP contribution < -0.4 is 4.90 Å². The molecule has 2 aromatic carbocycles. The van der Waals surface area contributed by atoms with Crippen LogP contribution in [0.1, 0.15) is 73.9 Å². The fraction of sp³-hybridized carbons (Fsp3) is 0.500. The zero-order chi connectivity index (χ0) is 20.5. The van der Waals surface area contributed by atoms with Crippen LogP contribution in [0.15, 0.2) is 48.5 Å². The summed E-state index contributed by atoms with van der Waals surface area (Å²) in [7, 11) is 0. The van der Waals surface area contributed by atoms with Crippen LogP contribution in [0.4, 0.5) is 5.69 Å². The van der Waals surface area contributed by atoms with Gasteiger partial charge in [-0.2, -0.15) is 0 Å². The van der Waals surface area contributed by atoms with Gasteiger partial charge >= 0.3 is 0 Å². The molecule has 2 aliphatic rings. The van der Waals surface area contributed by atoms with Crippen LogP contribution in [-0.2, 0) is 0 Å². The lowest BCUT2D eigenvalue weighted by molar-refractivity contribution is 0.0580. The number of Topliss-reactive ketones (excluding diaryl/α,β-unsaturated/α-hetero) is 1. The Labute approximate surface area is 175 Å². The van der Waals surface area contributed by atoms with Crippen molar-refractivity contribution in [3.8, 4) is 0 Å². The molecule has 2 aliphatic heterocycles. The highest BCUT2D eigenvalue weighted by Gasteiger charge is 2.42. The molecule has 0 saturated carbocycles. The van der Waals surface area contributed by atoms with Gasteiger partial charge in [0.05, 0.1) is 0 Å². The van der Waals surface area contributed by atoms with Crippen LogP contribution >= 0.6 is 0 Å². The number of carbonyl (C=O) groups excluding carboxylic acids is 1.